The molecule has 17 heavy (non-hydrogen) atoms. The highest BCUT2D eigenvalue weighted by molar-refractivity contribution is 7.67. The fourth-order valence-corrected chi connectivity index (χ4v) is 2.10. The van der Waals surface area contributed by atoms with Crippen LogP contribution in [-0.4, -0.2) is 8.42 Å². The van der Waals surface area contributed by atoms with Gasteiger partial charge in [-0.3, -0.25) is 0 Å². The molecular weight excluding hydrogens is 236 g/mol. The number of thiol groups is 1. The van der Waals surface area contributed by atoms with E-state index >= 15 is 0 Å². The number of benzene rings is 2. The molecule has 0 unspecified atom stereocenters. The molecule has 0 aliphatic rings. The van der Waals surface area contributed by atoms with Crippen LogP contribution in [0.25, 0.3) is 10.8 Å². The summed E-state index contributed by atoms with van der Waals surface area (Å²) in [4.78, 5) is 0. The molecule has 0 bridgehead atoms. The van der Waals surface area contributed by atoms with Crippen LogP contribution in [0.1, 0.15) is 5.56 Å². The van der Waals surface area contributed by atoms with Crippen LogP contribution < -0.4 is 4.18 Å². The smallest absolute Gasteiger partial charge is 0.299 e. The molecule has 88 valence electrons. The molecule has 0 spiro atoms. The summed E-state index contributed by atoms with van der Waals surface area (Å²) in [6.07, 6.45) is 2.45. The Morgan fingerprint density at radius 3 is 2.71 bits per heavy atom. The Labute approximate surface area is 101 Å². The number of hydrogen-bond donors (Lipinski definition) is 1. The second kappa shape index (κ2) is 5.01. The van der Waals surface area contributed by atoms with E-state index in [-0.39, 0.29) is 0 Å². The molecule has 0 aliphatic heterocycles. The lowest BCUT2D eigenvalue weighted by molar-refractivity contribution is 0.511. The summed E-state index contributed by atoms with van der Waals surface area (Å²) in [7, 11) is -2.88. The molecule has 0 aromatic heterocycles. The first kappa shape index (κ1) is 11.7. The summed E-state index contributed by atoms with van der Waals surface area (Å²) in [6.45, 7) is 3.69. The molecule has 0 heterocycles. The SMILES string of the molecule is C=CCc1cc(O[SH](=O)=O)cc2ccccc12. The zero-order chi connectivity index (χ0) is 12.3. The molecule has 0 amide bonds. The fourth-order valence-electron chi connectivity index (χ4n) is 1.82. The molecule has 4 heteroatoms. The first-order valence-corrected chi connectivity index (χ1v) is 6.25. The number of hydrogen-bond acceptors (Lipinski definition) is 3. The van der Waals surface area contributed by atoms with Gasteiger partial charge in [0.2, 0.25) is 0 Å². The van der Waals surface area contributed by atoms with Gasteiger partial charge in [-0.2, -0.15) is 8.42 Å². The van der Waals surface area contributed by atoms with Crippen molar-refractivity contribution in [1.82, 2.24) is 0 Å². The minimum atomic E-state index is -2.88. The molecule has 0 radical (unpaired) electrons. The van der Waals surface area contributed by atoms with Gasteiger partial charge in [0.05, 0.1) is 0 Å². The topological polar surface area (TPSA) is 43.4 Å². The van der Waals surface area contributed by atoms with Gasteiger partial charge in [-0.1, -0.05) is 30.3 Å². The Kier molecular flexibility index (Phi) is 3.44. The summed E-state index contributed by atoms with van der Waals surface area (Å²) in [5.74, 6) is 0.344. The third-order valence-electron chi connectivity index (χ3n) is 2.47. The van der Waals surface area contributed by atoms with Crippen molar-refractivity contribution in [3.8, 4) is 5.75 Å². The van der Waals surface area contributed by atoms with Gasteiger partial charge < -0.3 is 4.18 Å². The van der Waals surface area contributed by atoms with Crippen LogP contribution in [0, 0.1) is 0 Å². The number of allylic oxidation sites excluding steroid dienone is 1. The largest absolute Gasteiger partial charge is 0.384 e. The van der Waals surface area contributed by atoms with Crippen LogP contribution in [0.4, 0.5) is 0 Å². The van der Waals surface area contributed by atoms with E-state index in [2.05, 4.69) is 6.58 Å². The molecule has 0 fully saturated rings. The first-order valence-electron chi connectivity index (χ1n) is 5.15. The third kappa shape index (κ3) is 2.65. The molecule has 2 aromatic rings. The van der Waals surface area contributed by atoms with E-state index in [4.69, 9.17) is 4.18 Å². The van der Waals surface area contributed by atoms with Crippen LogP contribution in [-0.2, 0) is 17.4 Å². The van der Waals surface area contributed by atoms with Crippen molar-refractivity contribution < 1.29 is 12.6 Å². The van der Waals surface area contributed by atoms with Crippen LogP contribution in [0.2, 0.25) is 0 Å². The fraction of sp³-hybridized carbons (Fsp3) is 0.0769. The molecule has 0 saturated heterocycles. The van der Waals surface area contributed by atoms with E-state index in [0.717, 1.165) is 16.3 Å². The predicted molar refractivity (Wildman–Crippen MR) is 68.8 cm³/mol. The Hall–Kier alpha value is -1.81. The van der Waals surface area contributed by atoms with E-state index < -0.39 is 11.0 Å². The normalized spacial score (nSPS) is 10.6. The summed E-state index contributed by atoms with van der Waals surface area (Å²) in [6, 6.07) is 11.2. The van der Waals surface area contributed by atoms with Crippen molar-refractivity contribution in [1.29, 1.82) is 0 Å². The highest BCUT2D eigenvalue weighted by Gasteiger charge is 2.04. The average Bonchev–Trinajstić information content (AvgIpc) is 2.28. The maximum absolute atomic E-state index is 10.6. The Balaban J connectivity index is 2.61. The van der Waals surface area contributed by atoms with Crippen molar-refractivity contribution in [2.24, 2.45) is 0 Å². The maximum atomic E-state index is 10.6. The Bertz CT molecular complexity index is 622. The molecule has 0 atom stereocenters. The van der Waals surface area contributed by atoms with Crippen molar-refractivity contribution in [2.45, 2.75) is 6.42 Å². The molecule has 0 aliphatic carbocycles. The number of fused-ring (bicyclic) bond motifs is 1. The van der Waals surface area contributed by atoms with Crippen molar-refractivity contribution in [3.63, 3.8) is 0 Å². The maximum Gasteiger partial charge on any atom is 0.299 e. The summed E-state index contributed by atoms with van der Waals surface area (Å²) >= 11 is 0. The molecular formula is C13H12O3S. The van der Waals surface area contributed by atoms with Gasteiger partial charge in [-0.15, -0.1) is 6.58 Å². The quantitative estimate of drug-likeness (QED) is 0.667. The van der Waals surface area contributed by atoms with Gasteiger partial charge in [0, 0.05) is 0 Å². The van der Waals surface area contributed by atoms with E-state index in [1.54, 1.807) is 18.2 Å². The van der Waals surface area contributed by atoms with Crippen molar-refractivity contribution in [3.05, 3.63) is 54.6 Å². The Morgan fingerprint density at radius 2 is 2.00 bits per heavy atom. The monoisotopic (exact) mass is 248 g/mol. The summed E-state index contributed by atoms with van der Waals surface area (Å²) < 4.78 is 25.9. The van der Waals surface area contributed by atoms with E-state index in [9.17, 15) is 8.42 Å². The average molecular weight is 248 g/mol. The second-order valence-electron chi connectivity index (χ2n) is 3.61. The minimum absolute atomic E-state index is 0.344. The Morgan fingerprint density at radius 1 is 1.24 bits per heavy atom. The summed E-state index contributed by atoms with van der Waals surface area (Å²) in [5.41, 5.74) is 1.00. The van der Waals surface area contributed by atoms with Crippen LogP contribution >= 0.6 is 0 Å². The zero-order valence-electron chi connectivity index (χ0n) is 9.13. The van der Waals surface area contributed by atoms with Crippen LogP contribution in [0.3, 0.4) is 0 Å². The van der Waals surface area contributed by atoms with Gasteiger partial charge >= 0.3 is 0 Å². The minimum Gasteiger partial charge on any atom is -0.384 e. The standard InChI is InChI=1S/C13H12O3S/c1-2-5-10-8-12(16-17(14)15)9-11-6-3-4-7-13(10)11/h2-4,6-9,17H,1,5H2. The molecule has 0 N–H and O–H groups in total. The van der Waals surface area contributed by atoms with E-state index in [1.165, 1.54) is 0 Å². The second-order valence-corrected chi connectivity index (χ2v) is 4.24. The van der Waals surface area contributed by atoms with E-state index in [1.807, 2.05) is 24.3 Å². The summed E-state index contributed by atoms with van der Waals surface area (Å²) in [5, 5.41) is 2.04. The first-order chi connectivity index (χ1) is 8.20. The third-order valence-corrected chi connectivity index (χ3v) is 2.83. The van der Waals surface area contributed by atoms with Gasteiger partial charge in [-0.05, 0) is 34.9 Å². The lowest BCUT2D eigenvalue weighted by atomic mass is 10.0. The molecule has 0 saturated carbocycles. The highest BCUT2D eigenvalue weighted by atomic mass is 32.2. The molecule has 2 aromatic carbocycles. The van der Waals surface area contributed by atoms with Gasteiger partial charge in [0.25, 0.3) is 11.0 Å². The van der Waals surface area contributed by atoms with Gasteiger partial charge in [0.1, 0.15) is 5.75 Å². The molecule has 3 nitrogen and oxygen atoms in total. The van der Waals surface area contributed by atoms with Crippen molar-refractivity contribution >= 4 is 21.8 Å². The zero-order valence-corrected chi connectivity index (χ0v) is 10.0. The lowest BCUT2D eigenvalue weighted by Gasteiger charge is -2.07. The van der Waals surface area contributed by atoms with E-state index in [0.29, 0.717) is 12.2 Å². The molecule has 2 rings (SSSR count). The predicted octanol–water partition coefficient (Wildman–Crippen LogP) is 2.47. The van der Waals surface area contributed by atoms with Gasteiger partial charge in [0.15, 0.2) is 0 Å². The van der Waals surface area contributed by atoms with Crippen LogP contribution in [0.15, 0.2) is 49.1 Å². The lowest BCUT2D eigenvalue weighted by Crippen LogP contribution is -1.92. The van der Waals surface area contributed by atoms with Crippen LogP contribution in [0.5, 0.6) is 5.75 Å². The van der Waals surface area contributed by atoms with Gasteiger partial charge in [-0.25, -0.2) is 0 Å². The number of rotatable bonds is 4. The highest BCUT2D eigenvalue weighted by Crippen LogP contribution is 2.26. The van der Waals surface area contributed by atoms with Crippen molar-refractivity contribution in [2.75, 3.05) is 0 Å².